The van der Waals surface area contributed by atoms with Crippen molar-refractivity contribution in [3.63, 3.8) is 0 Å². The molecular formula is C14H22O4S. The molecule has 0 unspecified atom stereocenters. The van der Waals surface area contributed by atoms with E-state index in [0.29, 0.717) is 30.3 Å². The van der Waals surface area contributed by atoms with Crippen molar-refractivity contribution < 1.29 is 17.7 Å². The Bertz CT molecular complexity index is 533. The minimum Gasteiger partial charge on any atom is -0.493 e. The molecule has 0 heterocycles. The SMILES string of the molecule is CCOc1c(C)ccc(S(=O)(=O)O)c1CCC(C)C. The lowest BCUT2D eigenvalue weighted by Crippen LogP contribution is -2.08. The third-order valence-electron chi connectivity index (χ3n) is 2.95. The van der Waals surface area contributed by atoms with Crippen molar-refractivity contribution in [3.8, 4) is 5.75 Å². The van der Waals surface area contributed by atoms with E-state index in [1.807, 2.05) is 13.8 Å². The second-order valence-electron chi connectivity index (χ2n) is 5.03. The van der Waals surface area contributed by atoms with Crippen LogP contribution in [-0.4, -0.2) is 19.6 Å². The van der Waals surface area contributed by atoms with Crippen molar-refractivity contribution in [1.29, 1.82) is 0 Å². The molecule has 19 heavy (non-hydrogen) atoms. The summed E-state index contributed by atoms with van der Waals surface area (Å²) in [7, 11) is -4.22. The Labute approximate surface area is 115 Å². The van der Waals surface area contributed by atoms with Gasteiger partial charge in [-0.25, -0.2) is 0 Å². The molecular weight excluding hydrogens is 264 g/mol. The number of benzene rings is 1. The topological polar surface area (TPSA) is 63.6 Å². The Morgan fingerprint density at radius 3 is 2.42 bits per heavy atom. The van der Waals surface area contributed by atoms with Crippen LogP contribution < -0.4 is 4.74 Å². The highest BCUT2D eigenvalue weighted by atomic mass is 32.2. The average Bonchev–Trinajstić information content (AvgIpc) is 2.28. The number of ether oxygens (including phenoxy) is 1. The Hall–Kier alpha value is -1.07. The van der Waals surface area contributed by atoms with Gasteiger partial charge in [-0.05, 0) is 44.2 Å². The molecule has 1 N–H and O–H groups in total. The van der Waals surface area contributed by atoms with Gasteiger partial charge in [0.1, 0.15) is 10.6 Å². The number of hydrogen-bond donors (Lipinski definition) is 1. The minimum absolute atomic E-state index is 0.0396. The molecule has 0 saturated carbocycles. The number of aryl methyl sites for hydroxylation is 1. The van der Waals surface area contributed by atoms with Crippen LogP contribution in [-0.2, 0) is 16.5 Å². The fraction of sp³-hybridized carbons (Fsp3) is 0.571. The zero-order chi connectivity index (χ0) is 14.6. The van der Waals surface area contributed by atoms with Gasteiger partial charge < -0.3 is 4.74 Å². The summed E-state index contributed by atoms with van der Waals surface area (Å²) in [6.07, 6.45) is 1.41. The predicted molar refractivity (Wildman–Crippen MR) is 75.3 cm³/mol. The van der Waals surface area contributed by atoms with Crippen LogP contribution in [0.4, 0.5) is 0 Å². The van der Waals surface area contributed by atoms with Gasteiger partial charge in [-0.3, -0.25) is 4.55 Å². The lowest BCUT2D eigenvalue weighted by atomic mass is 10.00. The van der Waals surface area contributed by atoms with Gasteiger partial charge >= 0.3 is 0 Å². The van der Waals surface area contributed by atoms with Crippen LogP contribution in [0.15, 0.2) is 17.0 Å². The molecule has 1 aromatic carbocycles. The first kappa shape index (κ1) is 16.0. The first-order valence-corrected chi connectivity index (χ1v) is 7.94. The second-order valence-corrected chi connectivity index (χ2v) is 6.42. The third kappa shape index (κ3) is 4.21. The van der Waals surface area contributed by atoms with E-state index >= 15 is 0 Å². The second kappa shape index (κ2) is 6.39. The van der Waals surface area contributed by atoms with Crippen molar-refractivity contribution in [2.45, 2.75) is 45.4 Å². The van der Waals surface area contributed by atoms with E-state index in [2.05, 4.69) is 13.8 Å². The Morgan fingerprint density at radius 2 is 1.95 bits per heavy atom. The molecule has 108 valence electrons. The molecule has 0 radical (unpaired) electrons. The molecule has 1 rings (SSSR count). The van der Waals surface area contributed by atoms with Gasteiger partial charge in [0.25, 0.3) is 10.1 Å². The quantitative estimate of drug-likeness (QED) is 0.815. The molecule has 0 aliphatic rings. The molecule has 0 amide bonds. The maximum Gasteiger partial charge on any atom is 0.294 e. The molecule has 4 nitrogen and oxygen atoms in total. The first-order chi connectivity index (χ1) is 8.77. The molecule has 0 spiro atoms. The Balaban J connectivity index is 3.35. The van der Waals surface area contributed by atoms with Gasteiger partial charge in [-0.2, -0.15) is 8.42 Å². The van der Waals surface area contributed by atoms with E-state index in [9.17, 15) is 13.0 Å². The van der Waals surface area contributed by atoms with Crippen LogP contribution in [0.2, 0.25) is 0 Å². The first-order valence-electron chi connectivity index (χ1n) is 6.50. The summed E-state index contributed by atoms with van der Waals surface area (Å²) < 4.78 is 37.8. The standard InChI is InChI=1S/C14H22O4S/c1-5-18-14-11(4)7-9-13(19(15,16)17)12(14)8-6-10(2)3/h7,9-10H,5-6,8H2,1-4H3,(H,15,16,17). The molecule has 0 atom stereocenters. The molecule has 5 heteroatoms. The van der Waals surface area contributed by atoms with E-state index in [0.717, 1.165) is 12.0 Å². The van der Waals surface area contributed by atoms with E-state index in [4.69, 9.17) is 4.74 Å². The van der Waals surface area contributed by atoms with E-state index < -0.39 is 10.1 Å². The van der Waals surface area contributed by atoms with Gasteiger partial charge in [-0.1, -0.05) is 19.9 Å². The zero-order valence-electron chi connectivity index (χ0n) is 11.9. The van der Waals surface area contributed by atoms with Crippen molar-refractivity contribution >= 4 is 10.1 Å². The maximum atomic E-state index is 11.5. The Kier molecular flexibility index (Phi) is 5.38. The normalized spacial score (nSPS) is 11.9. The summed E-state index contributed by atoms with van der Waals surface area (Å²) in [5.41, 5.74) is 1.46. The van der Waals surface area contributed by atoms with Crippen molar-refractivity contribution in [2.75, 3.05) is 6.61 Å². The zero-order valence-corrected chi connectivity index (χ0v) is 12.8. The van der Waals surface area contributed by atoms with E-state index in [-0.39, 0.29) is 4.90 Å². The van der Waals surface area contributed by atoms with Gasteiger partial charge in [0.05, 0.1) is 6.61 Å². The van der Waals surface area contributed by atoms with E-state index in [1.165, 1.54) is 6.07 Å². The monoisotopic (exact) mass is 286 g/mol. The lowest BCUT2D eigenvalue weighted by Gasteiger charge is -2.16. The molecule has 0 aromatic heterocycles. The Morgan fingerprint density at radius 1 is 1.32 bits per heavy atom. The molecule has 0 fully saturated rings. The van der Waals surface area contributed by atoms with Crippen LogP contribution in [0.1, 0.15) is 38.3 Å². The minimum atomic E-state index is -4.22. The molecule has 0 aliphatic carbocycles. The summed E-state index contributed by atoms with van der Waals surface area (Å²) in [4.78, 5) is -0.0396. The summed E-state index contributed by atoms with van der Waals surface area (Å²) in [5.74, 6) is 1.03. The summed E-state index contributed by atoms with van der Waals surface area (Å²) in [5, 5.41) is 0. The lowest BCUT2D eigenvalue weighted by molar-refractivity contribution is 0.331. The predicted octanol–water partition coefficient (Wildman–Crippen LogP) is 3.23. The highest BCUT2D eigenvalue weighted by Gasteiger charge is 2.20. The van der Waals surface area contributed by atoms with Crippen LogP contribution in [0.25, 0.3) is 0 Å². The molecule has 1 aromatic rings. The van der Waals surface area contributed by atoms with Gasteiger partial charge in [0.2, 0.25) is 0 Å². The van der Waals surface area contributed by atoms with Crippen LogP contribution in [0.3, 0.4) is 0 Å². The molecule has 0 saturated heterocycles. The van der Waals surface area contributed by atoms with Gasteiger partial charge in [0, 0.05) is 5.56 Å². The molecule has 0 aliphatic heterocycles. The number of hydrogen-bond acceptors (Lipinski definition) is 3. The van der Waals surface area contributed by atoms with Crippen molar-refractivity contribution in [3.05, 3.63) is 23.3 Å². The fourth-order valence-electron chi connectivity index (χ4n) is 1.98. The number of rotatable bonds is 6. The van der Waals surface area contributed by atoms with Gasteiger partial charge in [0.15, 0.2) is 0 Å². The summed E-state index contributed by atoms with van der Waals surface area (Å²) >= 11 is 0. The third-order valence-corrected chi connectivity index (χ3v) is 3.89. The van der Waals surface area contributed by atoms with E-state index in [1.54, 1.807) is 6.07 Å². The van der Waals surface area contributed by atoms with Crippen molar-refractivity contribution in [1.82, 2.24) is 0 Å². The van der Waals surface area contributed by atoms with Crippen LogP contribution in [0, 0.1) is 12.8 Å². The highest BCUT2D eigenvalue weighted by molar-refractivity contribution is 7.85. The van der Waals surface area contributed by atoms with Crippen LogP contribution >= 0.6 is 0 Å². The summed E-state index contributed by atoms with van der Waals surface area (Å²) in [6, 6.07) is 3.11. The largest absolute Gasteiger partial charge is 0.493 e. The molecule has 0 bridgehead atoms. The average molecular weight is 286 g/mol. The smallest absolute Gasteiger partial charge is 0.294 e. The maximum absolute atomic E-state index is 11.5. The highest BCUT2D eigenvalue weighted by Crippen LogP contribution is 2.31. The fourth-order valence-corrected chi connectivity index (χ4v) is 2.73. The summed E-state index contributed by atoms with van der Waals surface area (Å²) in [6.45, 7) is 8.33. The van der Waals surface area contributed by atoms with Crippen LogP contribution in [0.5, 0.6) is 5.75 Å². The van der Waals surface area contributed by atoms with Gasteiger partial charge in [-0.15, -0.1) is 0 Å². The van der Waals surface area contributed by atoms with Crippen molar-refractivity contribution in [2.24, 2.45) is 5.92 Å².